The maximum absolute atomic E-state index is 13.0. The number of likely N-dealkylation sites (N-methyl/N-ethyl adjacent to an activating group) is 1. The Morgan fingerprint density at radius 1 is 1.19 bits per heavy atom. The second kappa shape index (κ2) is 9.64. The molecule has 1 aliphatic rings. The van der Waals surface area contributed by atoms with Crippen LogP contribution >= 0.6 is 11.6 Å². The van der Waals surface area contributed by atoms with Gasteiger partial charge in [0.15, 0.2) is 11.5 Å². The second-order valence-corrected chi connectivity index (χ2v) is 8.48. The van der Waals surface area contributed by atoms with Crippen LogP contribution < -0.4 is 10.6 Å². The van der Waals surface area contributed by atoms with E-state index in [1.54, 1.807) is 24.5 Å². The van der Waals surface area contributed by atoms with Gasteiger partial charge in [-0.2, -0.15) is 0 Å². The number of fused-ring (bicyclic) bond motifs is 1. The van der Waals surface area contributed by atoms with Crippen molar-refractivity contribution in [2.75, 3.05) is 45.6 Å². The SMILES string of the molecule is CN(C)CCNC1CCN(C(=O)c2ccc(Nc3nccn4ccnc34)cc2Cl)CC1. The number of aromatic nitrogens is 3. The Balaban J connectivity index is 1.37. The minimum Gasteiger partial charge on any atom is -0.338 e. The summed E-state index contributed by atoms with van der Waals surface area (Å²) < 4.78 is 1.88. The Hall–Kier alpha value is -2.68. The highest BCUT2D eigenvalue weighted by Gasteiger charge is 2.24. The summed E-state index contributed by atoms with van der Waals surface area (Å²) in [5, 5.41) is 7.24. The number of piperidine rings is 1. The van der Waals surface area contributed by atoms with Crippen LogP contribution in [0.1, 0.15) is 23.2 Å². The van der Waals surface area contributed by atoms with Crippen LogP contribution in [0.4, 0.5) is 11.5 Å². The van der Waals surface area contributed by atoms with Crippen LogP contribution in [0.25, 0.3) is 5.65 Å². The van der Waals surface area contributed by atoms with Crippen molar-refractivity contribution in [3.05, 3.63) is 53.6 Å². The van der Waals surface area contributed by atoms with Crippen molar-refractivity contribution in [1.29, 1.82) is 0 Å². The van der Waals surface area contributed by atoms with Gasteiger partial charge in [-0.15, -0.1) is 0 Å². The Labute approximate surface area is 187 Å². The number of hydrogen-bond donors (Lipinski definition) is 2. The van der Waals surface area contributed by atoms with E-state index < -0.39 is 0 Å². The number of hydrogen-bond acceptors (Lipinski definition) is 6. The number of carbonyl (C=O) groups is 1. The summed E-state index contributed by atoms with van der Waals surface area (Å²) in [5.41, 5.74) is 2.01. The van der Waals surface area contributed by atoms with Gasteiger partial charge in [0, 0.05) is 62.7 Å². The summed E-state index contributed by atoms with van der Waals surface area (Å²) >= 11 is 6.49. The zero-order valence-electron chi connectivity index (χ0n) is 17.9. The van der Waals surface area contributed by atoms with E-state index in [1.165, 1.54) is 0 Å². The lowest BCUT2D eigenvalue weighted by Gasteiger charge is -2.33. The lowest BCUT2D eigenvalue weighted by Crippen LogP contribution is -2.46. The van der Waals surface area contributed by atoms with Gasteiger partial charge in [0.25, 0.3) is 5.91 Å². The molecule has 1 fully saturated rings. The smallest absolute Gasteiger partial charge is 0.255 e. The first kappa shape index (κ1) is 21.5. The van der Waals surface area contributed by atoms with E-state index >= 15 is 0 Å². The molecule has 1 saturated heterocycles. The number of carbonyl (C=O) groups excluding carboxylic acids is 1. The van der Waals surface area contributed by atoms with Gasteiger partial charge < -0.3 is 24.8 Å². The molecule has 4 rings (SSSR count). The van der Waals surface area contributed by atoms with Crippen LogP contribution in [0, 0.1) is 0 Å². The van der Waals surface area contributed by atoms with Gasteiger partial charge in [0.2, 0.25) is 0 Å². The van der Waals surface area contributed by atoms with E-state index in [4.69, 9.17) is 11.6 Å². The zero-order chi connectivity index (χ0) is 21.8. The Kier molecular flexibility index (Phi) is 6.70. The highest BCUT2D eigenvalue weighted by molar-refractivity contribution is 6.34. The number of amides is 1. The predicted octanol–water partition coefficient (Wildman–Crippen LogP) is 2.88. The molecule has 164 valence electrons. The first-order valence-corrected chi connectivity index (χ1v) is 10.9. The highest BCUT2D eigenvalue weighted by Crippen LogP contribution is 2.26. The summed E-state index contributed by atoms with van der Waals surface area (Å²) in [4.78, 5) is 25.7. The molecule has 2 N–H and O–H groups in total. The van der Waals surface area contributed by atoms with Gasteiger partial charge in [0.1, 0.15) is 0 Å². The Morgan fingerprint density at radius 3 is 2.65 bits per heavy atom. The van der Waals surface area contributed by atoms with Crippen molar-refractivity contribution in [3.63, 3.8) is 0 Å². The Morgan fingerprint density at radius 2 is 1.94 bits per heavy atom. The van der Waals surface area contributed by atoms with E-state index in [9.17, 15) is 4.79 Å². The number of likely N-dealkylation sites (tertiary alicyclic amines) is 1. The molecule has 1 amide bonds. The number of imidazole rings is 1. The van der Waals surface area contributed by atoms with Gasteiger partial charge in [-0.05, 0) is 45.1 Å². The summed E-state index contributed by atoms with van der Waals surface area (Å²) in [6, 6.07) is 5.85. The van der Waals surface area contributed by atoms with Crippen molar-refractivity contribution in [3.8, 4) is 0 Å². The molecule has 1 aliphatic heterocycles. The lowest BCUT2D eigenvalue weighted by molar-refractivity contribution is 0.0705. The fourth-order valence-electron chi connectivity index (χ4n) is 3.79. The van der Waals surface area contributed by atoms with Gasteiger partial charge in [-0.25, -0.2) is 9.97 Å². The quantitative estimate of drug-likeness (QED) is 0.587. The molecule has 0 saturated carbocycles. The molecule has 2 aromatic heterocycles. The maximum atomic E-state index is 13.0. The van der Waals surface area contributed by atoms with E-state index in [0.29, 0.717) is 22.4 Å². The topological polar surface area (TPSA) is 77.8 Å². The Bertz CT molecular complexity index is 1040. The zero-order valence-corrected chi connectivity index (χ0v) is 18.6. The van der Waals surface area contributed by atoms with E-state index in [0.717, 1.165) is 50.4 Å². The first-order valence-electron chi connectivity index (χ1n) is 10.5. The van der Waals surface area contributed by atoms with E-state index in [-0.39, 0.29) is 5.91 Å². The summed E-state index contributed by atoms with van der Waals surface area (Å²) in [6.45, 7) is 3.45. The molecule has 3 aromatic rings. The minimum absolute atomic E-state index is 0.0169. The average Bonchev–Trinajstić information content (AvgIpc) is 3.24. The van der Waals surface area contributed by atoms with Crippen molar-refractivity contribution < 1.29 is 4.79 Å². The normalized spacial score (nSPS) is 15.0. The fourth-order valence-corrected chi connectivity index (χ4v) is 4.06. The molecule has 8 nitrogen and oxygen atoms in total. The van der Waals surface area contributed by atoms with Gasteiger partial charge in [-0.3, -0.25) is 4.79 Å². The fraction of sp³-hybridized carbons (Fsp3) is 0.409. The van der Waals surface area contributed by atoms with Gasteiger partial charge >= 0.3 is 0 Å². The highest BCUT2D eigenvalue weighted by atomic mass is 35.5. The van der Waals surface area contributed by atoms with Crippen molar-refractivity contribution in [2.45, 2.75) is 18.9 Å². The number of anilines is 2. The molecular weight excluding hydrogens is 414 g/mol. The van der Waals surface area contributed by atoms with E-state index in [2.05, 4.69) is 39.6 Å². The van der Waals surface area contributed by atoms with Crippen LogP contribution in [0.2, 0.25) is 5.02 Å². The first-order chi connectivity index (χ1) is 15.0. The van der Waals surface area contributed by atoms with Crippen LogP contribution in [0.5, 0.6) is 0 Å². The molecule has 3 heterocycles. The van der Waals surface area contributed by atoms with Crippen LogP contribution in [-0.4, -0.2) is 76.4 Å². The largest absolute Gasteiger partial charge is 0.338 e. The van der Waals surface area contributed by atoms with E-state index in [1.807, 2.05) is 27.8 Å². The number of nitrogens with zero attached hydrogens (tertiary/aromatic N) is 5. The number of rotatable bonds is 7. The van der Waals surface area contributed by atoms with Gasteiger partial charge in [-0.1, -0.05) is 11.6 Å². The predicted molar refractivity (Wildman–Crippen MR) is 123 cm³/mol. The van der Waals surface area contributed by atoms with Crippen molar-refractivity contribution >= 4 is 34.7 Å². The molecule has 0 atom stereocenters. The third-order valence-electron chi connectivity index (χ3n) is 5.55. The van der Waals surface area contributed by atoms with Crippen LogP contribution in [0.15, 0.2) is 43.0 Å². The number of benzene rings is 1. The minimum atomic E-state index is -0.0169. The van der Waals surface area contributed by atoms with Gasteiger partial charge in [0.05, 0.1) is 10.6 Å². The third-order valence-corrected chi connectivity index (χ3v) is 5.86. The molecule has 1 aromatic carbocycles. The molecule has 31 heavy (non-hydrogen) atoms. The number of halogens is 1. The van der Waals surface area contributed by atoms with Crippen LogP contribution in [0.3, 0.4) is 0 Å². The van der Waals surface area contributed by atoms with Crippen molar-refractivity contribution in [1.82, 2.24) is 29.5 Å². The van der Waals surface area contributed by atoms with Crippen molar-refractivity contribution in [2.24, 2.45) is 0 Å². The molecular formula is C22H28ClN7O. The molecule has 0 radical (unpaired) electrons. The second-order valence-electron chi connectivity index (χ2n) is 8.08. The standard InChI is InChI=1S/C22H28ClN7O/c1-28(2)12-7-24-16-5-10-30(11-6-16)22(31)18-4-3-17(15-19(18)23)27-20-21-26-9-14-29(21)13-8-25-20/h3-4,8-9,13-16,24H,5-7,10-12H2,1-2H3,(H,25,27). The molecule has 0 spiro atoms. The maximum Gasteiger partial charge on any atom is 0.255 e. The molecule has 9 heteroatoms. The van der Waals surface area contributed by atoms with Crippen LogP contribution in [-0.2, 0) is 0 Å². The summed E-state index contributed by atoms with van der Waals surface area (Å²) in [7, 11) is 4.14. The average molecular weight is 442 g/mol. The monoisotopic (exact) mass is 441 g/mol. The summed E-state index contributed by atoms with van der Waals surface area (Å²) in [5.74, 6) is 0.614. The molecule has 0 bridgehead atoms. The molecule has 0 aliphatic carbocycles. The molecule has 0 unspecified atom stereocenters. The lowest BCUT2D eigenvalue weighted by atomic mass is 10.0. The third kappa shape index (κ3) is 5.15. The number of nitrogens with one attached hydrogen (secondary N) is 2. The summed E-state index contributed by atoms with van der Waals surface area (Å²) in [6.07, 6.45) is 9.03.